The predicted octanol–water partition coefficient (Wildman–Crippen LogP) is 3.78. The lowest BCUT2D eigenvalue weighted by atomic mass is 10.0. The minimum absolute atomic E-state index is 0.237. The van der Waals surface area contributed by atoms with Gasteiger partial charge in [-0.3, -0.25) is 0 Å². The van der Waals surface area contributed by atoms with Gasteiger partial charge in [0.15, 0.2) is 0 Å². The fourth-order valence-electron chi connectivity index (χ4n) is 2.07. The highest BCUT2D eigenvalue weighted by molar-refractivity contribution is 5.79. The molecule has 2 aromatic rings. The van der Waals surface area contributed by atoms with Crippen molar-refractivity contribution in [1.29, 1.82) is 0 Å². The van der Waals surface area contributed by atoms with Crippen LogP contribution in [-0.2, 0) is 11.7 Å². The van der Waals surface area contributed by atoms with Gasteiger partial charge in [-0.1, -0.05) is 6.92 Å². The van der Waals surface area contributed by atoms with Gasteiger partial charge < -0.3 is 10.3 Å². The van der Waals surface area contributed by atoms with Crippen molar-refractivity contribution in [2.24, 2.45) is 0 Å². The van der Waals surface area contributed by atoms with Crippen LogP contribution in [0.5, 0.6) is 0 Å². The Labute approximate surface area is 109 Å². The summed E-state index contributed by atoms with van der Waals surface area (Å²) < 4.78 is 39.8. The summed E-state index contributed by atoms with van der Waals surface area (Å²) in [5, 5.41) is 0. The second kappa shape index (κ2) is 4.15. The zero-order chi connectivity index (χ0) is 14.4. The van der Waals surface area contributed by atoms with Crippen molar-refractivity contribution in [3.63, 3.8) is 0 Å². The summed E-state index contributed by atoms with van der Waals surface area (Å²) in [5.41, 5.74) is 5.74. The van der Waals surface area contributed by atoms with Gasteiger partial charge in [0.25, 0.3) is 0 Å². The lowest BCUT2D eigenvalue weighted by molar-refractivity contribution is -0.137. The van der Waals surface area contributed by atoms with Crippen molar-refractivity contribution in [2.75, 3.05) is 5.73 Å². The van der Waals surface area contributed by atoms with Gasteiger partial charge in [0.1, 0.15) is 0 Å². The van der Waals surface area contributed by atoms with Crippen molar-refractivity contribution in [2.45, 2.75) is 38.9 Å². The van der Waals surface area contributed by atoms with Crippen LogP contribution in [0.25, 0.3) is 11.0 Å². The van der Waals surface area contributed by atoms with Gasteiger partial charge in [-0.25, -0.2) is 4.98 Å². The summed E-state index contributed by atoms with van der Waals surface area (Å²) in [6, 6.07) is 3.53. The number of fused-ring (bicyclic) bond motifs is 1. The maximum Gasteiger partial charge on any atom is 0.416 e. The molecule has 2 rings (SSSR count). The van der Waals surface area contributed by atoms with E-state index < -0.39 is 11.7 Å². The average Bonchev–Trinajstić information content (AvgIpc) is 2.63. The van der Waals surface area contributed by atoms with E-state index in [2.05, 4.69) is 4.98 Å². The Morgan fingerprint density at radius 3 is 2.42 bits per heavy atom. The quantitative estimate of drug-likeness (QED) is 0.903. The molecule has 3 nitrogen and oxygen atoms in total. The van der Waals surface area contributed by atoms with E-state index in [9.17, 15) is 13.2 Å². The molecule has 1 aromatic carbocycles. The topological polar surface area (TPSA) is 43.8 Å². The summed E-state index contributed by atoms with van der Waals surface area (Å²) in [7, 11) is 0. The Morgan fingerprint density at radius 2 is 1.89 bits per heavy atom. The van der Waals surface area contributed by atoms with E-state index in [0.717, 1.165) is 18.6 Å². The number of aromatic nitrogens is 2. The highest BCUT2D eigenvalue weighted by Crippen LogP contribution is 2.34. The summed E-state index contributed by atoms with van der Waals surface area (Å²) >= 11 is 0. The second-order valence-electron chi connectivity index (χ2n) is 5.17. The lowest BCUT2D eigenvalue weighted by Gasteiger charge is -2.26. The molecule has 0 amide bonds. The van der Waals surface area contributed by atoms with E-state index in [1.54, 1.807) is 4.57 Å². The van der Waals surface area contributed by atoms with Gasteiger partial charge in [-0.2, -0.15) is 13.2 Å². The van der Waals surface area contributed by atoms with Crippen LogP contribution in [0.4, 0.5) is 19.1 Å². The first-order valence-corrected chi connectivity index (χ1v) is 6.02. The summed E-state index contributed by atoms with van der Waals surface area (Å²) in [6.07, 6.45) is -3.57. The van der Waals surface area contributed by atoms with Crippen LogP contribution in [0.15, 0.2) is 18.2 Å². The highest BCUT2D eigenvalue weighted by atomic mass is 19.4. The Hall–Kier alpha value is -1.72. The molecule has 104 valence electrons. The molecule has 19 heavy (non-hydrogen) atoms. The van der Waals surface area contributed by atoms with Crippen LogP contribution >= 0.6 is 0 Å². The number of hydrogen-bond acceptors (Lipinski definition) is 2. The number of rotatable bonds is 2. The second-order valence-corrected chi connectivity index (χ2v) is 5.17. The van der Waals surface area contributed by atoms with E-state index in [4.69, 9.17) is 5.73 Å². The van der Waals surface area contributed by atoms with Crippen LogP contribution < -0.4 is 5.73 Å². The molecule has 0 aliphatic rings. The van der Waals surface area contributed by atoms with Crippen molar-refractivity contribution in [3.05, 3.63) is 23.8 Å². The van der Waals surface area contributed by atoms with Crippen LogP contribution in [0.3, 0.4) is 0 Å². The standard InChI is InChI=1S/C13H16F3N3/c1-4-12(2,3)19-10-6-5-8(13(14,15)16)7-9(10)18-11(19)17/h5-7H,4H2,1-3H3,(H2,17,18). The first-order chi connectivity index (χ1) is 8.66. The maximum absolute atomic E-state index is 12.7. The van der Waals surface area contributed by atoms with E-state index in [0.29, 0.717) is 5.52 Å². The first kappa shape index (κ1) is 13.7. The predicted molar refractivity (Wildman–Crippen MR) is 68.8 cm³/mol. The van der Waals surface area contributed by atoms with Crippen LogP contribution in [0, 0.1) is 0 Å². The molecule has 2 N–H and O–H groups in total. The van der Waals surface area contributed by atoms with Crippen molar-refractivity contribution in [3.8, 4) is 0 Å². The van der Waals surface area contributed by atoms with Gasteiger partial charge in [0.05, 0.1) is 16.6 Å². The van der Waals surface area contributed by atoms with Gasteiger partial charge >= 0.3 is 6.18 Å². The van der Waals surface area contributed by atoms with E-state index >= 15 is 0 Å². The number of imidazole rings is 1. The number of nitrogen functional groups attached to an aromatic ring is 1. The molecule has 1 heterocycles. The molecular weight excluding hydrogens is 255 g/mol. The largest absolute Gasteiger partial charge is 0.416 e. The van der Waals surface area contributed by atoms with Gasteiger partial charge in [-0.15, -0.1) is 0 Å². The molecule has 0 bridgehead atoms. The van der Waals surface area contributed by atoms with Crippen molar-refractivity contribution >= 4 is 17.0 Å². The molecule has 0 saturated carbocycles. The molecule has 6 heteroatoms. The highest BCUT2D eigenvalue weighted by Gasteiger charge is 2.32. The third-order valence-corrected chi connectivity index (χ3v) is 3.48. The Bertz CT molecular complexity index is 611. The Kier molecular flexibility index (Phi) is 2.99. The fraction of sp³-hybridized carbons (Fsp3) is 0.462. The lowest BCUT2D eigenvalue weighted by Crippen LogP contribution is -2.26. The monoisotopic (exact) mass is 271 g/mol. The van der Waals surface area contributed by atoms with E-state index in [-0.39, 0.29) is 17.0 Å². The number of nitrogens with two attached hydrogens (primary N) is 1. The van der Waals surface area contributed by atoms with Gasteiger partial charge in [0, 0.05) is 5.54 Å². The number of halogens is 3. The summed E-state index contributed by atoms with van der Waals surface area (Å²) in [6.45, 7) is 5.94. The molecule has 0 aliphatic carbocycles. The average molecular weight is 271 g/mol. The number of benzene rings is 1. The van der Waals surface area contributed by atoms with Crippen molar-refractivity contribution in [1.82, 2.24) is 9.55 Å². The van der Waals surface area contributed by atoms with Crippen molar-refractivity contribution < 1.29 is 13.2 Å². The Balaban J connectivity index is 2.68. The van der Waals surface area contributed by atoms with Crippen LogP contribution in [0.1, 0.15) is 32.8 Å². The molecule has 0 unspecified atom stereocenters. The van der Waals surface area contributed by atoms with Crippen LogP contribution in [-0.4, -0.2) is 9.55 Å². The van der Waals surface area contributed by atoms with Crippen LogP contribution in [0.2, 0.25) is 0 Å². The molecule has 0 saturated heterocycles. The normalized spacial score (nSPS) is 13.2. The molecule has 0 atom stereocenters. The summed E-state index contributed by atoms with van der Waals surface area (Å²) in [5.74, 6) is 0.237. The zero-order valence-corrected chi connectivity index (χ0v) is 11.0. The van der Waals surface area contributed by atoms with Gasteiger partial charge in [-0.05, 0) is 38.5 Å². The molecular formula is C13H16F3N3. The third kappa shape index (κ3) is 2.27. The number of nitrogens with zero attached hydrogens (tertiary/aromatic N) is 2. The first-order valence-electron chi connectivity index (χ1n) is 6.02. The minimum Gasteiger partial charge on any atom is -0.369 e. The molecule has 0 fully saturated rings. The third-order valence-electron chi connectivity index (χ3n) is 3.48. The van der Waals surface area contributed by atoms with E-state index in [1.165, 1.54) is 6.07 Å². The molecule has 0 spiro atoms. The van der Waals surface area contributed by atoms with E-state index in [1.807, 2.05) is 20.8 Å². The fourth-order valence-corrected chi connectivity index (χ4v) is 2.07. The smallest absolute Gasteiger partial charge is 0.369 e. The van der Waals surface area contributed by atoms with Gasteiger partial charge in [0.2, 0.25) is 5.95 Å². The molecule has 1 aromatic heterocycles. The zero-order valence-electron chi connectivity index (χ0n) is 11.0. The number of hydrogen-bond donors (Lipinski definition) is 1. The maximum atomic E-state index is 12.7. The number of anilines is 1. The molecule has 0 radical (unpaired) electrons. The number of alkyl halides is 3. The minimum atomic E-state index is -4.37. The molecule has 0 aliphatic heterocycles. The SMILES string of the molecule is CCC(C)(C)n1c(N)nc2cc(C(F)(F)F)ccc21. The Morgan fingerprint density at radius 1 is 1.26 bits per heavy atom. The summed E-state index contributed by atoms with van der Waals surface area (Å²) in [4.78, 5) is 4.04.